The maximum absolute atomic E-state index is 12.7. The van der Waals surface area contributed by atoms with Gasteiger partial charge in [0, 0.05) is 32.2 Å². The second-order valence-corrected chi connectivity index (χ2v) is 7.68. The number of nitro groups is 1. The predicted octanol–water partition coefficient (Wildman–Crippen LogP) is 1.35. The Morgan fingerprint density at radius 1 is 1.44 bits per heavy atom. The Hall–Kier alpha value is -2.22. The van der Waals surface area contributed by atoms with Gasteiger partial charge in [-0.15, -0.1) is 0 Å². The summed E-state index contributed by atoms with van der Waals surface area (Å²) in [5, 5.41) is 20.2. The van der Waals surface area contributed by atoms with E-state index in [1.165, 1.54) is 16.4 Å². The number of hydrogen-bond acceptors (Lipinski definition) is 7. The van der Waals surface area contributed by atoms with Gasteiger partial charge in [-0.1, -0.05) is 0 Å². The largest absolute Gasteiger partial charge is 0.379 e. The molecular weight excluding hydrogens is 348 g/mol. The van der Waals surface area contributed by atoms with E-state index in [4.69, 9.17) is 10.00 Å². The highest BCUT2D eigenvalue weighted by atomic mass is 32.2. The minimum absolute atomic E-state index is 0.119. The van der Waals surface area contributed by atoms with Crippen LogP contribution in [0.4, 0.5) is 11.4 Å². The summed E-state index contributed by atoms with van der Waals surface area (Å²) < 4.78 is 31.7. The lowest BCUT2D eigenvalue weighted by molar-refractivity contribution is -0.384. The molecule has 1 aliphatic heterocycles. The van der Waals surface area contributed by atoms with Crippen molar-refractivity contribution in [2.45, 2.75) is 24.3 Å². The molecule has 1 aromatic rings. The molecule has 0 bridgehead atoms. The van der Waals surface area contributed by atoms with Crippen LogP contribution in [0, 0.1) is 21.4 Å². The van der Waals surface area contributed by atoms with Gasteiger partial charge in [-0.25, -0.2) is 8.42 Å². The van der Waals surface area contributed by atoms with E-state index in [1.54, 1.807) is 18.9 Å². The van der Waals surface area contributed by atoms with Gasteiger partial charge in [-0.2, -0.15) is 9.57 Å². The summed E-state index contributed by atoms with van der Waals surface area (Å²) in [5.41, 5.74) is -0.0321. The van der Waals surface area contributed by atoms with Crippen molar-refractivity contribution in [3.63, 3.8) is 0 Å². The molecule has 0 radical (unpaired) electrons. The molecule has 0 saturated carbocycles. The standard InChI is InChI=1S/C15H20N4O5S/c1-12(5-6-16)17(2)14-4-3-13(11-15(14)19(20)21)25(22,23)18-7-9-24-10-8-18/h3-4,11-12H,5,7-10H2,1-2H3. The van der Waals surface area contributed by atoms with E-state index in [1.807, 2.05) is 6.07 Å². The molecule has 10 heteroatoms. The Bertz CT molecular complexity index is 784. The number of sulfonamides is 1. The van der Waals surface area contributed by atoms with Gasteiger partial charge in [0.05, 0.1) is 35.5 Å². The monoisotopic (exact) mass is 368 g/mol. The lowest BCUT2D eigenvalue weighted by Crippen LogP contribution is -2.40. The Morgan fingerprint density at radius 2 is 2.08 bits per heavy atom. The molecule has 9 nitrogen and oxygen atoms in total. The lowest BCUT2D eigenvalue weighted by Gasteiger charge is -2.27. The molecule has 25 heavy (non-hydrogen) atoms. The third-order valence-corrected chi connectivity index (χ3v) is 6.07. The van der Waals surface area contributed by atoms with Gasteiger partial charge in [-0.05, 0) is 19.1 Å². The zero-order valence-electron chi connectivity index (χ0n) is 14.1. The molecule has 136 valence electrons. The normalized spacial score (nSPS) is 16.8. The van der Waals surface area contributed by atoms with Crippen LogP contribution >= 0.6 is 0 Å². The Labute approximate surface area is 146 Å². The van der Waals surface area contributed by atoms with Crippen LogP contribution in [0.25, 0.3) is 0 Å². The van der Waals surface area contributed by atoms with Crippen molar-refractivity contribution in [1.82, 2.24) is 4.31 Å². The number of nitro benzene ring substituents is 1. The number of hydrogen-bond donors (Lipinski definition) is 0. The highest BCUT2D eigenvalue weighted by molar-refractivity contribution is 7.89. The quantitative estimate of drug-likeness (QED) is 0.549. The molecule has 1 heterocycles. The molecule has 1 atom stereocenters. The van der Waals surface area contributed by atoms with Crippen molar-refractivity contribution < 1.29 is 18.1 Å². The first-order valence-electron chi connectivity index (χ1n) is 7.75. The molecule has 0 N–H and O–H groups in total. The molecule has 1 aliphatic rings. The average molecular weight is 368 g/mol. The average Bonchev–Trinajstić information content (AvgIpc) is 2.61. The van der Waals surface area contributed by atoms with Crippen LogP contribution in [0.1, 0.15) is 13.3 Å². The number of morpholine rings is 1. The van der Waals surface area contributed by atoms with Crippen LogP contribution in [0.2, 0.25) is 0 Å². The SMILES string of the molecule is CC(CC#N)N(C)c1ccc(S(=O)(=O)N2CCOCC2)cc1[N+](=O)[O-]. The van der Waals surface area contributed by atoms with Crippen LogP contribution in [-0.4, -0.2) is 57.0 Å². The summed E-state index contributed by atoms with van der Waals surface area (Å²) in [6.07, 6.45) is 0.196. The summed E-state index contributed by atoms with van der Waals surface area (Å²) in [6.45, 7) is 2.81. The zero-order valence-corrected chi connectivity index (χ0v) is 14.9. The fourth-order valence-electron chi connectivity index (χ4n) is 2.55. The van der Waals surface area contributed by atoms with Crippen LogP contribution in [-0.2, 0) is 14.8 Å². The number of ether oxygens (including phenoxy) is 1. The van der Waals surface area contributed by atoms with Gasteiger partial charge in [0.15, 0.2) is 0 Å². The molecule has 1 aromatic carbocycles. The molecule has 2 rings (SSSR count). The van der Waals surface area contributed by atoms with Crippen molar-refractivity contribution in [2.24, 2.45) is 0 Å². The molecular formula is C15H20N4O5S. The number of rotatable bonds is 6. The number of anilines is 1. The predicted molar refractivity (Wildman–Crippen MR) is 90.8 cm³/mol. The maximum atomic E-state index is 12.7. The highest BCUT2D eigenvalue weighted by Gasteiger charge is 2.30. The maximum Gasteiger partial charge on any atom is 0.293 e. The van der Waals surface area contributed by atoms with Crippen molar-refractivity contribution in [3.05, 3.63) is 28.3 Å². The lowest BCUT2D eigenvalue weighted by atomic mass is 10.2. The second kappa shape index (κ2) is 7.77. The van der Waals surface area contributed by atoms with E-state index in [-0.39, 0.29) is 41.8 Å². The van der Waals surface area contributed by atoms with E-state index in [0.29, 0.717) is 13.2 Å². The molecule has 0 aliphatic carbocycles. The van der Waals surface area contributed by atoms with E-state index in [9.17, 15) is 18.5 Å². The Morgan fingerprint density at radius 3 is 2.64 bits per heavy atom. The van der Waals surface area contributed by atoms with Crippen LogP contribution in [0.15, 0.2) is 23.1 Å². The summed E-state index contributed by atoms with van der Waals surface area (Å²) in [4.78, 5) is 12.3. The molecule has 0 spiro atoms. The summed E-state index contributed by atoms with van der Waals surface area (Å²) >= 11 is 0. The Balaban J connectivity index is 2.42. The Kier molecular flexibility index (Phi) is 5.94. The third-order valence-electron chi connectivity index (χ3n) is 4.18. The molecule has 1 fully saturated rings. The minimum atomic E-state index is -3.81. The fraction of sp³-hybridized carbons (Fsp3) is 0.533. The van der Waals surface area contributed by atoms with Crippen molar-refractivity contribution in [1.29, 1.82) is 5.26 Å². The zero-order chi connectivity index (χ0) is 18.6. The van der Waals surface area contributed by atoms with Crippen molar-refractivity contribution in [2.75, 3.05) is 38.3 Å². The van der Waals surface area contributed by atoms with Gasteiger partial charge in [-0.3, -0.25) is 10.1 Å². The van der Waals surface area contributed by atoms with Gasteiger partial charge in [0.25, 0.3) is 5.69 Å². The molecule has 0 aromatic heterocycles. The topological polar surface area (TPSA) is 117 Å². The first-order valence-corrected chi connectivity index (χ1v) is 9.19. The van der Waals surface area contributed by atoms with Gasteiger partial charge < -0.3 is 9.64 Å². The smallest absolute Gasteiger partial charge is 0.293 e. The molecule has 0 amide bonds. The van der Waals surface area contributed by atoms with Gasteiger partial charge in [0.2, 0.25) is 10.0 Å². The van der Waals surface area contributed by atoms with Crippen LogP contribution in [0.5, 0.6) is 0 Å². The van der Waals surface area contributed by atoms with Gasteiger partial charge >= 0.3 is 0 Å². The summed E-state index contributed by atoms with van der Waals surface area (Å²) in [5.74, 6) is 0. The van der Waals surface area contributed by atoms with Crippen molar-refractivity contribution >= 4 is 21.4 Å². The number of benzene rings is 1. The third kappa shape index (κ3) is 4.07. The van der Waals surface area contributed by atoms with Crippen molar-refractivity contribution in [3.8, 4) is 6.07 Å². The molecule has 1 saturated heterocycles. The highest BCUT2D eigenvalue weighted by Crippen LogP contribution is 2.32. The van der Waals surface area contributed by atoms with E-state index >= 15 is 0 Å². The first-order chi connectivity index (χ1) is 11.8. The fourth-order valence-corrected chi connectivity index (χ4v) is 3.98. The van der Waals surface area contributed by atoms with E-state index < -0.39 is 14.9 Å². The van der Waals surface area contributed by atoms with E-state index in [0.717, 1.165) is 6.07 Å². The van der Waals surface area contributed by atoms with E-state index in [2.05, 4.69) is 0 Å². The first kappa shape index (κ1) is 19.1. The number of nitrogens with zero attached hydrogens (tertiary/aromatic N) is 4. The van der Waals surface area contributed by atoms with Crippen LogP contribution in [0.3, 0.4) is 0 Å². The molecule has 1 unspecified atom stereocenters. The van der Waals surface area contributed by atoms with Gasteiger partial charge in [0.1, 0.15) is 5.69 Å². The minimum Gasteiger partial charge on any atom is -0.379 e. The summed E-state index contributed by atoms with van der Waals surface area (Å²) in [6, 6.07) is 5.63. The number of nitriles is 1. The second-order valence-electron chi connectivity index (χ2n) is 5.75. The summed E-state index contributed by atoms with van der Waals surface area (Å²) in [7, 11) is -2.17. The van der Waals surface area contributed by atoms with Crippen LogP contribution < -0.4 is 4.90 Å².